The highest BCUT2D eigenvalue weighted by Crippen LogP contribution is 2.43. The lowest BCUT2D eigenvalue weighted by Crippen LogP contribution is -2.56. The highest BCUT2D eigenvalue weighted by Gasteiger charge is 2.43. The highest BCUT2D eigenvalue weighted by molar-refractivity contribution is 5.00. The minimum atomic E-state index is 0.624. The smallest absolute Gasteiger partial charge is 0.0169 e. The second kappa shape index (κ2) is 26.3. The van der Waals surface area contributed by atoms with Gasteiger partial charge in [-0.2, -0.15) is 0 Å². The molecule has 3 nitrogen and oxygen atoms in total. The van der Waals surface area contributed by atoms with Crippen LogP contribution in [0.4, 0.5) is 0 Å². The summed E-state index contributed by atoms with van der Waals surface area (Å²) >= 11 is 0. The van der Waals surface area contributed by atoms with Gasteiger partial charge in [-0.1, -0.05) is 143 Å². The van der Waals surface area contributed by atoms with E-state index in [-0.39, 0.29) is 0 Å². The molecule has 346 valence electrons. The molecule has 0 radical (unpaired) electrons. The summed E-state index contributed by atoms with van der Waals surface area (Å²) in [4.78, 5) is 8.33. The number of hydrogen-bond acceptors (Lipinski definition) is 3. The molecule has 0 bridgehead atoms. The fraction of sp³-hybridized carbons (Fsp3) is 0.964. The van der Waals surface area contributed by atoms with Gasteiger partial charge in [0.05, 0.1) is 0 Å². The van der Waals surface area contributed by atoms with Crippen LogP contribution in [0.25, 0.3) is 0 Å². The molecule has 58 heavy (non-hydrogen) atoms. The van der Waals surface area contributed by atoms with Crippen LogP contribution in [0.15, 0.2) is 12.2 Å². The first-order valence-electron chi connectivity index (χ1n) is 25.7. The van der Waals surface area contributed by atoms with E-state index in [9.17, 15) is 0 Å². The molecule has 2 fully saturated rings. The van der Waals surface area contributed by atoms with Crippen LogP contribution in [0.2, 0.25) is 0 Å². The molecular formula is C55H111N3. The van der Waals surface area contributed by atoms with Crippen LogP contribution in [0.1, 0.15) is 198 Å². The van der Waals surface area contributed by atoms with E-state index in [2.05, 4.69) is 193 Å². The Morgan fingerprint density at radius 2 is 0.672 bits per heavy atom. The maximum absolute atomic E-state index is 2.82. The first-order valence-corrected chi connectivity index (χ1v) is 25.7. The van der Waals surface area contributed by atoms with Crippen LogP contribution in [0.3, 0.4) is 0 Å². The van der Waals surface area contributed by atoms with Crippen molar-refractivity contribution in [2.75, 3.05) is 19.6 Å². The molecule has 0 aromatic carbocycles. The number of rotatable bonds is 12. The minimum absolute atomic E-state index is 0.624. The van der Waals surface area contributed by atoms with Gasteiger partial charge < -0.3 is 0 Å². The molecule has 9 unspecified atom stereocenters. The van der Waals surface area contributed by atoms with Gasteiger partial charge in [-0.15, -0.1) is 0 Å². The van der Waals surface area contributed by atoms with Crippen molar-refractivity contribution in [1.29, 1.82) is 0 Å². The summed E-state index contributed by atoms with van der Waals surface area (Å²) in [5, 5.41) is 0. The van der Waals surface area contributed by atoms with E-state index in [0.29, 0.717) is 24.2 Å². The average molecular weight is 815 g/mol. The van der Waals surface area contributed by atoms with Crippen LogP contribution in [-0.2, 0) is 0 Å². The summed E-state index contributed by atoms with van der Waals surface area (Å²) in [5.41, 5.74) is 0. The molecule has 2 saturated heterocycles. The predicted octanol–water partition coefficient (Wildman–Crippen LogP) is 15.3. The maximum Gasteiger partial charge on any atom is 0.0169 e. The first kappa shape index (κ1) is 55.6. The molecular weight excluding hydrogens is 703 g/mol. The topological polar surface area (TPSA) is 9.72 Å². The molecule has 0 spiro atoms. The monoisotopic (exact) mass is 814 g/mol. The van der Waals surface area contributed by atoms with E-state index in [1.54, 1.807) is 0 Å². The molecule has 0 saturated carbocycles. The summed E-state index contributed by atoms with van der Waals surface area (Å²) in [7, 11) is 0. The Hall–Kier alpha value is -0.380. The van der Waals surface area contributed by atoms with Crippen molar-refractivity contribution in [3.8, 4) is 0 Å². The van der Waals surface area contributed by atoms with E-state index in [1.165, 1.54) is 45.2 Å². The zero-order chi connectivity index (χ0) is 44.9. The lowest BCUT2D eigenvalue weighted by atomic mass is 9.66. The van der Waals surface area contributed by atoms with Gasteiger partial charge in [-0.05, 0) is 169 Å². The van der Waals surface area contributed by atoms with Crippen molar-refractivity contribution in [3.63, 3.8) is 0 Å². The standard InChI is InChI=1S/C19H39N.C19H37N.C17H35N/c2*1-13(2)17-11-9-10-12-20(16(7)8)19(15(5)6)18(17)14(3)4;1-11(2)15-9-10-18(14(7)8)17(13(5)6)16(15)12(3)4/h13-19H,9-12H2,1-8H3;9-10,13-19H,11-12H2,1-8H3;11-17H,9-10H2,1-8H3/b;10-9-;. The van der Waals surface area contributed by atoms with E-state index in [0.717, 1.165) is 107 Å². The van der Waals surface area contributed by atoms with Crippen LogP contribution in [0.5, 0.6) is 0 Å². The van der Waals surface area contributed by atoms with E-state index in [1.807, 2.05) is 0 Å². The van der Waals surface area contributed by atoms with Crippen LogP contribution >= 0.6 is 0 Å². The summed E-state index contributed by atoms with van der Waals surface area (Å²) < 4.78 is 0. The van der Waals surface area contributed by atoms with Crippen LogP contribution in [0, 0.1) is 88.8 Å². The molecule has 0 N–H and O–H groups in total. The van der Waals surface area contributed by atoms with Gasteiger partial charge in [0.1, 0.15) is 0 Å². The van der Waals surface area contributed by atoms with Gasteiger partial charge in [0.25, 0.3) is 0 Å². The minimum Gasteiger partial charge on any atom is -0.297 e. The zero-order valence-electron chi connectivity index (χ0n) is 44.3. The molecule has 3 heteroatoms. The number of hydrogen-bond donors (Lipinski definition) is 0. The zero-order valence-corrected chi connectivity index (χ0v) is 44.3. The molecule has 0 amide bonds. The lowest BCUT2D eigenvalue weighted by Gasteiger charge is -2.52. The molecule has 3 rings (SSSR count). The summed E-state index contributed by atoms with van der Waals surface area (Å²) in [5.74, 6) is 12.1. The lowest BCUT2D eigenvalue weighted by molar-refractivity contribution is -0.0339. The molecule has 0 aromatic heterocycles. The Labute approximate surface area is 368 Å². The molecule has 3 aliphatic rings. The van der Waals surface area contributed by atoms with Gasteiger partial charge >= 0.3 is 0 Å². The van der Waals surface area contributed by atoms with Crippen molar-refractivity contribution in [3.05, 3.63) is 12.2 Å². The predicted molar refractivity (Wildman–Crippen MR) is 264 cm³/mol. The SMILES string of the molecule is CC(C)C1C/C=C\CN(C(C)C)C(C(C)C)C1C(C)C.CC(C)C1CCCCN(C(C)C)C(C(C)C)C1C(C)C.CC(C)C1CCN(C(C)C)C(C(C)C)C1C(C)C. The van der Waals surface area contributed by atoms with Crippen LogP contribution in [-0.4, -0.2) is 70.6 Å². The highest BCUT2D eigenvalue weighted by atomic mass is 15.2. The van der Waals surface area contributed by atoms with Gasteiger partial charge in [-0.3, -0.25) is 14.7 Å². The Morgan fingerprint density at radius 3 is 1.02 bits per heavy atom. The summed E-state index contributed by atoms with van der Waals surface area (Å²) in [6.45, 7) is 61.6. The molecule has 3 heterocycles. The van der Waals surface area contributed by atoms with Gasteiger partial charge in [0, 0.05) is 42.8 Å². The largest absolute Gasteiger partial charge is 0.297 e. The quantitative estimate of drug-likeness (QED) is 0.182. The maximum atomic E-state index is 2.82. The fourth-order valence-electron chi connectivity index (χ4n) is 13.0. The normalized spacial score (nSPS) is 30.8. The third kappa shape index (κ3) is 15.8. The van der Waals surface area contributed by atoms with Crippen molar-refractivity contribution in [2.45, 2.75) is 235 Å². The summed E-state index contributed by atoms with van der Waals surface area (Å²) in [6.07, 6.45) is 11.7. The van der Waals surface area contributed by atoms with Crippen LogP contribution < -0.4 is 0 Å². The summed E-state index contributed by atoms with van der Waals surface area (Å²) in [6, 6.07) is 4.21. The van der Waals surface area contributed by atoms with Crippen molar-refractivity contribution in [2.24, 2.45) is 88.8 Å². The van der Waals surface area contributed by atoms with E-state index >= 15 is 0 Å². The molecule has 3 aliphatic heterocycles. The second-order valence-corrected chi connectivity index (χ2v) is 23.8. The Kier molecular flexibility index (Phi) is 25.2. The van der Waals surface area contributed by atoms with E-state index in [4.69, 9.17) is 0 Å². The Bertz CT molecular complexity index is 995. The number of nitrogens with zero attached hydrogens (tertiary/aromatic N) is 3. The van der Waals surface area contributed by atoms with Gasteiger partial charge in [0.2, 0.25) is 0 Å². The number of piperidine rings is 1. The number of likely N-dealkylation sites (tertiary alicyclic amines) is 2. The van der Waals surface area contributed by atoms with Gasteiger partial charge in [-0.25, -0.2) is 0 Å². The van der Waals surface area contributed by atoms with Crippen molar-refractivity contribution >= 4 is 0 Å². The first-order chi connectivity index (χ1) is 26.8. The fourth-order valence-corrected chi connectivity index (χ4v) is 13.0. The molecule has 0 aliphatic carbocycles. The van der Waals surface area contributed by atoms with Crippen molar-refractivity contribution in [1.82, 2.24) is 14.7 Å². The van der Waals surface area contributed by atoms with Crippen molar-refractivity contribution < 1.29 is 0 Å². The number of allylic oxidation sites excluding steroid dienone is 1. The Balaban J connectivity index is 0.000000436. The average Bonchev–Trinajstić information content (AvgIpc) is 3.06. The van der Waals surface area contributed by atoms with Gasteiger partial charge in [0.15, 0.2) is 0 Å². The third-order valence-electron chi connectivity index (χ3n) is 15.5. The Morgan fingerprint density at radius 1 is 0.328 bits per heavy atom. The molecule has 9 atom stereocenters. The third-order valence-corrected chi connectivity index (χ3v) is 15.5. The van der Waals surface area contributed by atoms with E-state index < -0.39 is 0 Å². The second-order valence-electron chi connectivity index (χ2n) is 23.8. The molecule has 0 aromatic rings.